The number of rotatable bonds is 4. The molecule has 0 unspecified atom stereocenters. The summed E-state index contributed by atoms with van der Waals surface area (Å²) in [4.78, 5) is 24.2. The Morgan fingerprint density at radius 3 is 2.75 bits per heavy atom. The molecule has 5 nitrogen and oxygen atoms in total. The Labute approximate surface area is 118 Å². The molecule has 5 heteroatoms. The lowest BCUT2D eigenvalue weighted by atomic mass is 10.1. The number of likely N-dealkylation sites (N-methyl/N-ethyl adjacent to an activating group) is 1. The third-order valence-electron chi connectivity index (χ3n) is 4.02. The molecule has 0 bridgehead atoms. The van der Waals surface area contributed by atoms with Crippen LogP contribution in [0.15, 0.2) is 24.5 Å². The van der Waals surface area contributed by atoms with E-state index in [4.69, 9.17) is 0 Å². The topological polar surface area (TPSA) is 52.2 Å². The number of aromatic amines is 1. The molecule has 0 radical (unpaired) electrons. The number of hydrogen-bond acceptors (Lipinski definition) is 4. The standard InChI is InChI=1S/C15H20N4O/c1-2-18-5-7-19(8-6-18)10-15(20)12-3-4-13-14(9-12)17-11-16-13/h3-4,9,11H,2,5-8,10H2,1H3,(H,16,17). The molecule has 1 aromatic carbocycles. The van der Waals surface area contributed by atoms with Gasteiger partial charge in [0.15, 0.2) is 5.78 Å². The van der Waals surface area contributed by atoms with E-state index in [0.29, 0.717) is 6.54 Å². The number of H-pyrrole nitrogens is 1. The zero-order chi connectivity index (χ0) is 13.9. The summed E-state index contributed by atoms with van der Waals surface area (Å²) in [5.74, 6) is 0.187. The Balaban J connectivity index is 1.64. The predicted octanol–water partition coefficient (Wildman–Crippen LogP) is 1.38. The smallest absolute Gasteiger partial charge is 0.176 e. The lowest BCUT2D eigenvalue weighted by Gasteiger charge is -2.33. The molecule has 1 fully saturated rings. The van der Waals surface area contributed by atoms with E-state index in [-0.39, 0.29) is 5.78 Å². The fraction of sp³-hybridized carbons (Fsp3) is 0.467. The number of benzene rings is 1. The van der Waals surface area contributed by atoms with Gasteiger partial charge in [-0.15, -0.1) is 0 Å². The highest BCUT2D eigenvalue weighted by Crippen LogP contribution is 2.13. The van der Waals surface area contributed by atoms with Crippen LogP contribution < -0.4 is 0 Å². The minimum absolute atomic E-state index is 0.187. The average molecular weight is 272 g/mol. The van der Waals surface area contributed by atoms with Gasteiger partial charge in [0, 0.05) is 31.7 Å². The molecule has 1 aliphatic rings. The number of ketones is 1. The van der Waals surface area contributed by atoms with Crippen molar-refractivity contribution in [2.75, 3.05) is 39.3 Å². The normalized spacial score (nSPS) is 17.6. The third kappa shape index (κ3) is 2.73. The van der Waals surface area contributed by atoms with E-state index in [1.54, 1.807) is 6.33 Å². The van der Waals surface area contributed by atoms with Gasteiger partial charge in [-0.2, -0.15) is 0 Å². The van der Waals surface area contributed by atoms with Gasteiger partial charge in [0.1, 0.15) is 0 Å². The summed E-state index contributed by atoms with van der Waals surface area (Å²) in [6.45, 7) is 7.86. The summed E-state index contributed by atoms with van der Waals surface area (Å²) in [7, 11) is 0. The number of nitrogens with one attached hydrogen (secondary N) is 1. The molecule has 0 aliphatic carbocycles. The number of piperazine rings is 1. The number of carbonyl (C=O) groups excluding carboxylic acids is 1. The van der Waals surface area contributed by atoms with Gasteiger partial charge in [-0.3, -0.25) is 9.69 Å². The van der Waals surface area contributed by atoms with Crippen molar-refractivity contribution < 1.29 is 4.79 Å². The Bertz CT molecular complexity index is 599. The highest BCUT2D eigenvalue weighted by atomic mass is 16.1. The molecule has 2 heterocycles. The first-order valence-corrected chi connectivity index (χ1v) is 7.17. The Morgan fingerprint density at radius 2 is 2.00 bits per heavy atom. The first-order valence-electron chi connectivity index (χ1n) is 7.17. The monoisotopic (exact) mass is 272 g/mol. The molecular formula is C15H20N4O. The highest BCUT2D eigenvalue weighted by molar-refractivity contribution is 6.00. The molecule has 1 aliphatic heterocycles. The van der Waals surface area contributed by atoms with Crippen molar-refractivity contribution in [3.8, 4) is 0 Å². The number of imidazole rings is 1. The van der Waals surface area contributed by atoms with Crippen LogP contribution in [0.2, 0.25) is 0 Å². The van der Waals surface area contributed by atoms with E-state index in [0.717, 1.165) is 49.3 Å². The van der Waals surface area contributed by atoms with Crippen LogP contribution in [0, 0.1) is 0 Å². The van der Waals surface area contributed by atoms with Crippen LogP contribution in [0.1, 0.15) is 17.3 Å². The van der Waals surface area contributed by atoms with E-state index < -0.39 is 0 Å². The fourth-order valence-electron chi connectivity index (χ4n) is 2.67. The summed E-state index contributed by atoms with van der Waals surface area (Å²) in [6.07, 6.45) is 1.66. The highest BCUT2D eigenvalue weighted by Gasteiger charge is 2.18. The van der Waals surface area contributed by atoms with Crippen molar-refractivity contribution >= 4 is 16.8 Å². The van der Waals surface area contributed by atoms with Gasteiger partial charge in [-0.25, -0.2) is 4.98 Å². The van der Waals surface area contributed by atoms with Crippen molar-refractivity contribution in [3.05, 3.63) is 30.1 Å². The van der Waals surface area contributed by atoms with Gasteiger partial charge in [-0.1, -0.05) is 6.92 Å². The van der Waals surface area contributed by atoms with Gasteiger partial charge in [0.05, 0.1) is 23.9 Å². The molecule has 0 saturated carbocycles. The number of nitrogens with zero attached hydrogens (tertiary/aromatic N) is 3. The molecule has 0 spiro atoms. The van der Waals surface area contributed by atoms with Gasteiger partial charge in [0.25, 0.3) is 0 Å². The molecule has 0 amide bonds. The lowest BCUT2D eigenvalue weighted by Crippen LogP contribution is -2.47. The van der Waals surface area contributed by atoms with Crippen molar-refractivity contribution in [1.82, 2.24) is 19.8 Å². The van der Waals surface area contributed by atoms with E-state index >= 15 is 0 Å². The molecule has 20 heavy (non-hydrogen) atoms. The number of Topliss-reactive ketones (excluding diaryl/α,β-unsaturated/α-hetero) is 1. The van der Waals surface area contributed by atoms with Crippen LogP contribution in [0.5, 0.6) is 0 Å². The molecule has 1 N–H and O–H groups in total. The van der Waals surface area contributed by atoms with Crippen LogP contribution in [0.3, 0.4) is 0 Å². The van der Waals surface area contributed by atoms with E-state index in [1.165, 1.54) is 0 Å². The summed E-state index contributed by atoms with van der Waals surface area (Å²) in [5.41, 5.74) is 2.59. The predicted molar refractivity (Wildman–Crippen MR) is 79.0 cm³/mol. The molecular weight excluding hydrogens is 252 g/mol. The Hall–Kier alpha value is -1.72. The largest absolute Gasteiger partial charge is 0.345 e. The van der Waals surface area contributed by atoms with Crippen LogP contribution in [-0.2, 0) is 0 Å². The van der Waals surface area contributed by atoms with Gasteiger partial charge in [0.2, 0.25) is 0 Å². The van der Waals surface area contributed by atoms with Crippen LogP contribution >= 0.6 is 0 Å². The molecule has 1 saturated heterocycles. The van der Waals surface area contributed by atoms with Crippen molar-refractivity contribution in [2.24, 2.45) is 0 Å². The Kier molecular flexibility index (Phi) is 3.80. The third-order valence-corrected chi connectivity index (χ3v) is 4.02. The summed E-state index contributed by atoms with van der Waals surface area (Å²) < 4.78 is 0. The minimum Gasteiger partial charge on any atom is -0.345 e. The van der Waals surface area contributed by atoms with Crippen molar-refractivity contribution in [3.63, 3.8) is 0 Å². The zero-order valence-corrected chi connectivity index (χ0v) is 11.8. The fourth-order valence-corrected chi connectivity index (χ4v) is 2.67. The molecule has 2 aromatic rings. The van der Waals surface area contributed by atoms with E-state index in [1.807, 2.05) is 18.2 Å². The maximum atomic E-state index is 12.3. The second-order valence-corrected chi connectivity index (χ2v) is 5.27. The molecule has 3 rings (SSSR count). The summed E-state index contributed by atoms with van der Waals surface area (Å²) in [5, 5.41) is 0. The SMILES string of the molecule is CCN1CCN(CC(=O)c2ccc3nc[nH]c3c2)CC1. The van der Waals surface area contributed by atoms with Gasteiger partial charge >= 0.3 is 0 Å². The maximum Gasteiger partial charge on any atom is 0.176 e. The number of aromatic nitrogens is 2. The Morgan fingerprint density at radius 1 is 1.25 bits per heavy atom. The summed E-state index contributed by atoms with van der Waals surface area (Å²) in [6, 6.07) is 5.66. The zero-order valence-electron chi connectivity index (χ0n) is 11.8. The van der Waals surface area contributed by atoms with Crippen molar-refractivity contribution in [2.45, 2.75) is 6.92 Å². The van der Waals surface area contributed by atoms with Crippen molar-refractivity contribution in [1.29, 1.82) is 0 Å². The lowest BCUT2D eigenvalue weighted by molar-refractivity contribution is 0.0859. The van der Waals surface area contributed by atoms with E-state index in [2.05, 4.69) is 26.7 Å². The molecule has 0 atom stereocenters. The van der Waals surface area contributed by atoms with Crippen LogP contribution in [-0.4, -0.2) is 64.8 Å². The quantitative estimate of drug-likeness (QED) is 0.854. The second kappa shape index (κ2) is 5.73. The van der Waals surface area contributed by atoms with E-state index in [9.17, 15) is 4.79 Å². The average Bonchev–Trinajstić information content (AvgIpc) is 2.95. The molecule has 106 valence electrons. The van der Waals surface area contributed by atoms with Crippen LogP contribution in [0.4, 0.5) is 0 Å². The molecule has 1 aromatic heterocycles. The minimum atomic E-state index is 0.187. The number of fused-ring (bicyclic) bond motifs is 1. The van der Waals surface area contributed by atoms with Gasteiger partial charge < -0.3 is 9.88 Å². The first-order chi connectivity index (χ1) is 9.76. The number of carbonyl (C=O) groups is 1. The number of hydrogen-bond donors (Lipinski definition) is 1. The maximum absolute atomic E-state index is 12.3. The van der Waals surface area contributed by atoms with Crippen LogP contribution in [0.25, 0.3) is 11.0 Å². The first kappa shape index (κ1) is 13.3. The second-order valence-electron chi connectivity index (χ2n) is 5.27. The van der Waals surface area contributed by atoms with Gasteiger partial charge in [-0.05, 0) is 24.7 Å². The summed E-state index contributed by atoms with van der Waals surface area (Å²) >= 11 is 0.